The van der Waals surface area contributed by atoms with Gasteiger partial charge in [0, 0.05) is 17.3 Å². The van der Waals surface area contributed by atoms with E-state index in [1.54, 1.807) is 7.11 Å². The summed E-state index contributed by atoms with van der Waals surface area (Å²) >= 11 is 0. The molecular weight excluding hydrogens is 174 g/mol. The van der Waals surface area contributed by atoms with Gasteiger partial charge in [-0.2, -0.15) is 0 Å². The van der Waals surface area contributed by atoms with Crippen molar-refractivity contribution in [2.24, 2.45) is 0 Å². The molecule has 0 aliphatic rings. The summed E-state index contributed by atoms with van der Waals surface area (Å²) < 4.78 is 5.14. The molecule has 2 heteroatoms. The predicted octanol–water partition coefficient (Wildman–Crippen LogP) is 2.94. The molecule has 2 rings (SSSR count). The smallest absolute Gasteiger partial charge is 0.168 e. The zero-order chi connectivity index (χ0) is 9.97. The average Bonchev–Trinajstić information content (AvgIpc) is 2.66. The second-order valence-corrected chi connectivity index (χ2v) is 2.99. The van der Waals surface area contributed by atoms with Gasteiger partial charge in [-0.05, 0) is 23.6 Å². The second-order valence-electron chi connectivity index (χ2n) is 2.99. The Hall–Kier alpha value is -1.92. The number of aromatic nitrogens is 1. The van der Waals surface area contributed by atoms with Crippen LogP contribution in [0.5, 0.6) is 0 Å². The number of rotatable bonds is 2. The minimum Gasteiger partial charge on any atom is -0.489 e. The normalized spacial score (nSPS) is 9.79. The van der Waals surface area contributed by atoms with Gasteiger partial charge in [-0.1, -0.05) is 18.4 Å². The van der Waals surface area contributed by atoms with Gasteiger partial charge in [0.1, 0.15) is 0 Å². The highest BCUT2D eigenvalue weighted by Crippen LogP contribution is 2.19. The predicted molar refractivity (Wildman–Crippen MR) is 57.9 cm³/mol. The van der Waals surface area contributed by atoms with Gasteiger partial charge in [0.25, 0.3) is 0 Å². The van der Waals surface area contributed by atoms with Crippen LogP contribution in [-0.2, 0) is 4.74 Å². The summed E-state index contributed by atoms with van der Waals surface area (Å²) in [7, 11) is 1.62. The number of fused-ring (bicyclic) bond motifs is 1. The number of hydrogen-bond donors (Lipinski definition) is 1. The highest BCUT2D eigenvalue weighted by Gasteiger charge is 2.01. The summed E-state index contributed by atoms with van der Waals surface area (Å²) in [5, 5.41) is 1.19. The van der Waals surface area contributed by atoms with Crippen molar-refractivity contribution in [3.05, 3.63) is 48.3 Å². The fraction of sp³-hybridized carbons (Fsp3) is 0.0833. The number of ether oxygens (including phenoxy) is 1. The zero-order valence-electron chi connectivity index (χ0n) is 8.00. The fourth-order valence-electron chi connectivity index (χ4n) is 1.48. The van der Waals surface area contributed by atoms with Crippen LogP contribution in [-0.4, -0.2) is 12.1 Å². The monoisotopic (exact) mass is 185 g/mol. The Morgan fingerprint density at radius 3 is 3.00 bits per heavy atom. The SMILES string of the molecule is C=C=C(OC)c1ccc2cc[nH]c2c1. The molecule has 0 spiro atoms. The van der Waals surface area contributed by atoms with E-state index >= 15 is 0 Å². The van der Waals surface area contributed by atoms with Crippen LogP contribution in [0.2, 0.25) is 0 Å². The van der Waals surface area contributed by atoms with E-state index in [1.165, 1.54) is 5.39 Å². The van der Waals surface area contributed by atoms with Crippen molar-refractivity contribution in [2.75, 3.05) is 7.11 Å². The molecule has 0 fully saturated rings. The van der Waals surface area contributed by atoms with Gasteiger partial charge >= 0.3 is 0 Å². The molecule has 0 bridgehead atoms. The first-order chi connectivity index (χ1) is 6.85. The lowest BCUT2D eigenvalue weighted by molar-refractivity contribution is 0.371. The van der Waals surface area contributed by atoms with Crippen LogP contribution < -0.4 is 0 Å². The molecule has 2 nitrogen and oxygen atoms in total. The number of H-pyrrole nitrogens is 1. The number of hydrogen-bond acceptors (Lipinski definition) is 1. The van der Waals surface area contributed by atoms with Gasteiger partial charge in [-0.3, -0.25) is 0 Å². The summed E-state index contributed by atoms with van der Waals surface area (Å²) in [6.07, 6.45) is 1.92. The van der Waals surface area contributed by atoms with E-state index in [-0.39, 0.29) is 0 Å². The van der Waals surface area contributed by atoms with Crippen LogP contribution in [0, 0.1) is 0 Å². The minimum atomic E-state index is 0.668. The van der Waals surface area contributed by atoms with Crippen LogP contribution >= 0.6 is 0 Å². The molecule has 0 saturated carbocycles. The summed E-state index contributed by atoms with van der Waals surface area (Å²) in [5.74, 6) is 0.668. The molecule has 70 valence electrons. The van der Waals surface area contributed by atoms with E-state index in [1.807, 2.05) is 30.5 Å². The van der Waals surface area contributed by atoms with Crippen LogP contribution in [0.25, 0.3) is 16.7 Å². The largest absolute Gasteiger partial charge is 0.489 e. The second kappa shape index (κ2) is 3.44. The van der Waals surface area contributed by atoms with Crippen molar-refractivity contribution in [1.29, 1.82) is 0 Å². The van der Waals surface area contributed by atoms with Crippen molar-refractivity contribution in [3.63, 3.8) is 0 Å². The molecule has 0 saturated heterocycles. The molecule has 0 amide bonds. The van der Waals surface area contributed by atoms with Gasteiger partial charge in [0.15, 0.2) is 5.76 Å². The quantitative estimate of drug-likeness (QED) is 0.564. The molecule has 0 radical (unpaired) electrons. The molecule has 0 aliphatic carbocycles. The number of nitrogens with one attached hydrogen (secondary N) is 1. The Bertz CT molecular complexity index is 504. The number of methoxy groups -OCH3 is 1. The van der Waals surface area contributed by atoms with Gasteiger partial charge in [0.2, 0.25) is 0 Å². The van der Waals surface area contributed by atoms with E-state index in [0.29, 0.717) is 5.76 Å². The molecule has 0 unspecified atom stereocenters. The molecule has 1 N–H and O–H groups in total. The lowest BCUT2D eigenvalue weighted by atomic mass is 10.1. The summed E-state index contributed by atoms with van der Waals surface area (Å²) in [6, 6.07) is 8.08. The number of aromatic amines is 1. The fourth-order valence-corrected chi connectivity index (χ4v) is 1.48. The van der Waals surface area contributed by atoms with Crippen LogP contribution in [0.4, 0.5) is 0 Å². The third kappa shape index (κ3) is 1.32. The lowest BCUT2D eigenvalue weighted by Gasteiger charge is -2.02. The molecule has 0 atom stereocenters. The van der Waals surface area contributed by atoms with Crippen molar-refractivity contribution in [1.82, 2.24) is 4.98 Å². The molecule has 1 aromatic heterocycles. The highest BCUT2D eigenvalue weighted by atomic mass is 16.5. The van der Waals surface area contributed by atoms with Crippen LogP contribution in [0.1, 0.15) is 5.56 Å². The lowest BCUT2D eigenvalue weighted by Crippen LogP contribution is -1.85. The Balaban J connectivity index is 2.58. The maximum atomic E-state index is 5.14. The van der Waals surface area contributed by atoms with E-state index in [4.69, 9.17) is 4.74 Å². The number of benzene rings is 1. The Kier molecular flexibility index (Phi) is 2.13. The minimum absolute atomic E-state index is 0.668. The van der Waals surface area contributed by atoms with Gasteiger partial charge < -0.3 is 9.72 Å². The molecular formula is C12H11NO. The Morgan fingerprint density at radius 1 is 1.43 bits per heavy atom. The van der Waals surface area contributed by atoms with Gasteiger partial charge in [-0.15, -0.1) is 0 Å². The van der Waals surface area contributed by atoms with Crippen molar-refractivity contribution in [3.8, 4) is 0 Å². The van der Waals surface area contributed by atoms with Crippen LogP contribution in [0.15, 0.2) is 42.8 Å². The highest BCUT2D eigenvalue weighted by molar-refractivity contribution is 5.82. The molecule has 2 aromatic rings. The topological polar surface area (TPSA) is 25.0 Å². The third-order valence-electron chi connectivity index (χ3n) is 2.18. The average molecular weight is 185 g/mol. The van der Waals surface area contributed by atoms with E-state index in [2.05, 4.69) is 17.3 Å². The zero-order valence-corrected chi connectivity index (χ0v) is 8.00. The Labute approximate surface area is 82.5 Å². The van der Waals surface area contributed by atoms with Crippen molar-refractivity contribution >= 4 is 16.7 Å². The summed E-state index contributed by atoms with van der Waals surface area (Å²) in [5.41, 5.74) is 4.83. The molecule has 1 aromatic carbocycles. The summed E-state index contributed by atoms with van der Waals surface area (Å²) in [4.78, 5) is 3.15. The van der Waals surface area contributed by atoms with Gasteiger partial charge in [-0.25, -0.2) is 0 Å². The molecule has 0 aliphatic heterocycles. The first kappa shape index (κ1) is 8.67. The van der Waals surface area contributed by atoms with Crippen molar-refractivity contribution < 1.29 is 4.74 Å². The maximum absolute atomic E-state index is 5.14. The van der Waals surface area contributed by atoms with E-state index < -0.39 is 0 Å². The van der Waals surface area contributed by atoms with Crippen molar-refractivity contribution in [2.45, 2.75) is 0 Å². The third-order valence-corrected chi connectivity index (χ3v) is 2.18. The Morgan fingerprint density at radius 2 is 2.29 bits per heavy atom. The summed E-state index contributed by atoms with van der Waals surface area (Å²) in [6.45, 7) is 3.58. The van der Waals surface area contributed by atoms with Crippen LogP contribution in [0.3, 0.4) is 0 Å². The first-order valence-electron chi connectivity index (χ1n) is 4.36. The maximum Gasteiger partial charge on any atom is 0.168 e. The molecule has 1 heterocycles. The standard InChI is InChI=1S/C12H11NO/c1-3-12(14-2)10-5-4-9-6-7-13-11(9)8-10/h4-8,13H,1H2,2H3. The first-order valence-corrected chi connectivity index (χ1v) is 4.36. The van der Waals surface area contributed by atoms with E-state index in [0.717, 1.165) is 11.1 Å². The molecule has 14 heavy (non-hydrogen) atoms. The van der Waals surface area contributed by atoms with E-state index in [9.17, 15) is 0 Å². The van der Waals surface area contributed by atoms with Gasteiger partial charge in [0.05, 0.1) is 7.11 Å².